The van der Waals surface area contributed by atoms with E-state index in [4.69, 9.17) is 10.5 Å². The molecular weight excluding hydrogens is 296 g/mol. The van der Waals surface area contributed by atoms with Gasteiger partial charge in [-0.1, -0.05) is 0 Å². The van der Waals surface area contributed by atoms with E-state index in [1.165, 1.54) is 0 Å². The second kappa shape index (κ2) is 5.22. The van der Waals surface area contributed by atoms with Crippen molar-refractivity contribution in [3.63, 3.8) is 0 Å². The molecule has 1 heterocycles. The van der Waals surface area contributed by atoms with Crippen molar-refractivity contribution in [1.29, 1.82) is 0 Å². The first-order chi connectivity index (χ1) is 8.58. The van der Waals surface area contributed by atoms with Crippen LogP contribution in [0.15, 0.2) is 28.7 Å². The number of hydrogen-bond acceptors (Lipinski definition) is 5. The Morgan fingerprint density at radius 2 is 2.06 bits per heavy atom. The molecule has 18 heavy (non-hydrogen) atoms. The number of nitrogens with zero attached hydrogens (tertiary/aromatic N) is 2. The van der Waals surface area contributed by atoms with Crippen molar-refractivity contribution in [2.45, 2.75) is 6.92 Å². The predicted molar refractivity (Wildman–Crippen MR) is 75.2 cm³/mol. The molecule has 0 fully saturated rings. The lowest BCUT2D eigenvalue weighted by molar-refractivity contribution is 0.412. The summed E-state index contributed by atoms with van der Waals surface area (Å²) in [4.78, 5) is 8.13. The van der Waals surface area contributed by atoms with Crippen molar-refractivity contribution in [3.8, 4) is 5.75 Å². The smallest absolute Gasteiger partial charge is 0.222 e. The van der Waals surface area contributed by atoms with Gasteiger partial charge in [-0.3, -0.25) is 0 Å². The standard InChI is InChI=1S/C12H13BrN4O/c1-7-5-11(17-12(14)15-7)16-8-3-4-9(13)10(6-8)18-2/h3-6H,1-2H3,(H3,14,15,16,17). The van der Waals surface area contributed by atoms with Crippen molar-refractivity contribution in [2.75, 3.05) is 18.2 Å². The minimum absolute atomic E-state index is 0.251. The summed E-state index contributed by atoms with van der Waals surface area (Å²) in [6, 6.07) is 7.52. The molecule has 2 rings (SSSR count). The summed E-state index contributed by atoms with van der Waals surface area (Å²) in [5.74, 6) is 1.66. The molecular formula is C12H13BrN4O. The van der Waals surface area contributed by atoms with Crippen molar-refractivity contribution >= 4 is 33.4 Å². The van der Waals surface area contributed by atoms with Gasteiger partial charge in [0.1, 0.15) is 11.6 Å². The number of benzene rings is 1. The topological polar surface area (TPSA) is 73.1 Å². The minimum atomic E-state index is 0.251. The van der Waals surface area contributed by atoms with Gasteiger partial charge in [0, 0.05) is 23.5 Å². The Bertz CT molecular complexity index is 554. The number of nitrogens with two attached hydrogens (primary N) is 1. The number of nitrogen functional groups attached to an aromatic ring is 1. The Balaban J connectivity index is 2.28. The molecule has 1 aromatic heterocycles. The Morgan fingerprint density at radius 1 is 1.28 bits per heavy atom. The Labute approximate surface area is 114 Å². The second-order valence-electron chi connectivity index (χ2n) is 3.73. The van der Waals surface area contributed by atoms with Crippen LogP contribution in [0.4, 0.5) is 17.5 Å². The number of halogens is 1. The van der Waals surface area contributed by atoms with Crippen LogP contribution in [-0.4, -0.2) is 17.1 Å². The number of anilines is 3. The van der Waals surface area contributed by atoms with E-state index >= 15 is 0 Å². The Morgan fingerprint density at radius 3 is 2.72 bits per heavy atom. The van der Waals surface area contributed by atoms with Crippen LogP contribution in [0, 0.1) is 6.92 Å². The van der Waals surface area contributed by atoms with E-state index in [2.05, 4.69) is 31.2 Å². The monoisotopic (exact) mass is 308 g/mol. The molecule has 0 aliphatic carbocycles. The highest BCUT2D eigenvalue weighted by atomic mass is 79.9. The van der Waals surface area contributed by atoms with Crippen LogP contribution in [0.25, 0.3) is 0 Å². The van der Waals surface area contributed by atoms with Crippen molar-refractivity contribution in [1.82, 2.24) is 9.97 Å². The average Bonchev–Trinajstić information content (AvgIpc) is 2.30. The van der Waals surface area contributed by atoms with Crippen LogP contribution in [0.5, 0.6) is 5.75 Å². The first-order valence-electron chi connectivity index (χ1n) is 5.30. The maximum absolute atomic E-state index is 5.60. The van der Waals surface area contributed by atoms with Crippen molar-refractivity contribution in [2.24, 2.45) is 0 Å². The van der Waals surface area contributed by atoms with Crippen LogP contribution >= 0.6 is 15.9 Å². The highest BCUT2D eigenvalue weighted by Gasteiger charge is 2.04. The zero-order chi connectivity index (χ0) is 13.1. The van der Waals surface area contributed by atoms with Crippen molar-refractivity contribution in [3.05, 3.63) is 34.4 Å². The third-order valence-corrected chi connectivity index (χ3v) is 2.95. The minimum Gasteiger partial charge on any atom is -0.495 e. The molecule has 0 amide bonds. The van der Waals surface area contributed by atoms with E-state index in [1.807, 2.05) is 31.2 Å². The number of hydrogen-bond donors (Lipinski definition) is 2. The van der Waals surface area contributed by atoms with Crippen LogP contribution in [0.1, 0.15) is 5.69 Å². The Hall–Kier alpha value is -1.82. The van der Waals surface area contributed by atoms with Gasteiger partial charge in [0.25, 0.3) is 0 Å². The van der Waals surface area contributed by atoms with Crippen LogP contribution in [0.2, 0.25) is 0 Å². The second-order valence-corrected chi connectivity index (χ2v) is 4.58. The van der Waals surface area contributed by atoms with E-state index < -0.39 is 0 Å². The molecule has 6 heteroatoms. The molecule has 2 aromatic rings. The van der Waals surface area contributed by atoms with Crippen LogP contribution in [0.3, 0.4) is 0 Å². The number of rotatable bonds is 3. The molecule has 0 unspecified atom stereocenters. The third kappa shape index (κ3) is 2.89. The summed E-state index contributed by atoms with van der Waals surface area (Å²) in [5, 5.41) is 3.16. The van der Waals surface area contributed by atoms with E-state index in [-0.39, 0.29) is 5.95 Å². The van der Waals surface area contributed by atoms with Gasteiger partial charge in [-0.05, 0) is 35.0 Å². The number of ether oxygens (including phenoxy) is 1. The number of nitrogens with one attached hydrogen (secondary N) is 1. The first-order valence-corrected chi connectivity index (χ1v) is 6.09. The molecule has 0 atom stereocenters. The predicted octanol–water partition coefficient (Wildman–Crippen LogP) is 2.88. The molecule has 0 bridgehead atoms. The van der Waals surface area contributed by atoms with E-state index in [0.717, 1.165) is 21.6 Å². The maximum atomic E-state index is 5.60. The fourth-order valence-corrected chi connectivity index (χ4v) is 1.95. The maximum Gasteiger partial charge on any atom is 0.222 e. The summed E-state index contributed by atoms with van der Waals surface area (Å²) in [6.07, 6.45) is 0. The SMILES string of the molecule is COc1cc(Nc2cc(C)nc(N)n2)ccc1Br. The van der Waals surface area contributed by atoms with Gasteiger partial charge in [0.2, 0.25) is 5.95 Å². The zero-order valence-electron chi connectivity index (χ0n) is 10.1. The molecule has 0 aliphatic heterocycles. The number of aromatic nitrogens is 2. The van der Waals surface area contributed by atoms with Gasteiger partial charge < -0.3 is 15.8 Å². The fourth-order valence-electron chi connectivity index (χ4n) is 1.54. The van der Waals surface area contributed by atoms with E-state index in [1.54, 1.807) is 7.11 Å². The third-order valence-electron chi connectivity index (χ3n) is 2.30. The number of methoxy groups -OCH3 is 1. The van der Waals surface area contributed by atoms with Gasteiger partial charge in [-0.15, -0.1) is 0 Å². The van der Waals surface area contributed by atoms with Crippen LogP contribution in [-0.2, 0) is 0 Å². The molecule has 94 valence electrons. The van der Waals surface area contributed by atoms with Gasteiger partial charge >= 0.3 is 0 Å². The lowest BCUT2D eigenvalue weighted by atomic mass is 10.3. The molecule has 1 aromatic carbocycles. The largest absolute Gasteiger partial charge is 0.495 e. The van der Waals surface area contributed by atoms with Crippen LogP contribution < -0.4 is 15.8 Å². The van der Waals surface area contributed by atoms with Gasteiger partial charge in [-0.25, -0.2) is 4.98 Å². The molecule has 5 nitrogen and oxygen atoms in total. The summed E-state index contributed by atoms with van der Waals surface area (Å²) < 4.78 is 6.12. The summed E-state index contributed by atoms with van der Waals surface area (Å²) in [7, 11) is 1.62. The van der Waals surface area contributed by atoms with Gasteiger partial charge in [0.15, 0.2) is 0 Å². The number of aryl methyl sites for hydroxylation is 1. The lowest BCUT2D eigenvalue weighted by Crippen LogP contribution is -2.01. The lowest BCUT2D eigenvalue weighted by Gasteiger charge is -2.09. The zero-order valence-corrected chi connectivity index (χ0v) is 11.7. The molecule has 0 spiro atoms. The summed E-state index contributed by atoms with van der Waals surface area (Å²) in [5.41, 5.74) is 7.28. The molecule has 0 saturated heterocycles. The highest BCUT2D eigenvalue weighted by Crippen LogP contribution is 2.29. The molecule has 3 N–H and O–H groups in total. The average molecular weight is 309 g/mol. The van der Waals surface area contributed by atoms with Crippen molar-refractivity contribution < 1.29 is 4.74 Å². The molecule has 0 radical (unpaired) electrons. The molecule has 0 aliphatic rings. The summed E-state index contributed by atoms with van der Waals surface area (Å²) in [6.45, 7) is 1.87. The van der Waals surface area contributed by atoms with Gasteiger partial charge in [-0.2, -0.15) is 4.98 Å². The van der Waals surface area contributed by atoms with E-state index in [9.17, 15) is 0 Å². The molecule has 0 saturated carbocycles. The summed E-state index contributed by atoms with van der Waals surface area (Å²) >= 11 is 3.40. The Kier molecular flexibility index (Phi) is 3.66. The van der Waals surface area contributed by atoms with E-state index in [0.29, 0.717) is 5.82 Å². The highest BCUT2D eigenvalue weighted by molar-refractivity contribution is 9.10. The van der Waals surface area contributed by atoms with Gasteiger partial charge in [0.05, 0.1) is 11.6 Å². The quantitative estimate of drug-likeness (QED) is 0.912. The normalized spacial score (nSPS) is 10.2. The fraction of sp³-hybridized carbons (Fsp3) is 0.167. The first kappa shape index (κ1) is 12.6.